The Hall–Kier alpha value is -0.540. The predicted molar refractivity (Wildman–Crippen MR) is 63.8 cm³/mol. The summed E-state index contributed by atoms with van der Waals surface area (Å²) in [6.07, 6.45) is 3.03. The first-order chi connectivity index (χ1) is 7.09. The molecule has 0 saturated heterocycles. The summed E-state index contributed by atoms with van der Waals surface area (Å²) in [6.45, 7) is 2.16. The number of rotatable bonds is 6. The summed E-state index contributed by atoms with van der Waals surface area (Å²) in [7, 11) is 0. The van der Waals surface area contributed by atoms with Gasteiger partial charge in [0.05, 0.1) is 4.34 Å². The molecule has 0 amide bonds. The van der Waals surface area contributed by atoms with E-state index in [1.165, 1.54) is 4.88 Å². The molecule has 1 unspecified atom stereocenters. The molecule has 2 nitrogen and oxygen atoms in total. The molecule has 0 fully saturated rings. The van der Waals surface area contributed by atoms with Crippen molar-refractivity contribution in [3.05, 3.63) is 21.3 Å². The number of halogens is 1. The number of thiophene rings is 1. The molecule has 1 aromatic heterocycles. The van der Waals surface area contributed by atoms with E-state index in [0.29, 0.717) is 5.92 Å². The van der Waals surface area contributed by atoms with Gasteiger partial charge in [-0.2, -0.15) is 0 Å². The molecule has 1 rings (SSSR count). The summed E-state index contributed by atoms with van der Waals surface area (Å²) in [5.41, 5.74) is 0. The van der Waals surface area contributed by atoms with Crippen LogP contribution in [0.25, 0.3) is 0 Å². The Morgan fingerprint density at radius 3 is 2.80 bits per heavy atom. The number of carboxylic acid groups (broad SMARTS) is 1. The van der Waals surface area contributed by atoms with Crippen molar-refractivity contribution in [2.24, 2.45) is 0 Å². The molecule has 4 heteroatoms. The Morgan fingerprint density at radius 1 is 1.53 bits per heavy atom. The van der Waals surface area contributed by atoms with Crippen LogP contribution in [0.3, 0.4) is 0 Å². The molecule has 0 aliphatic carbocycles. The minimum atomic E-state index is -0.707. The van der Waals surface area contributed by atoms with Crippen LogP contribution in [0, 0.1) is 0 Å². The number of carbonyl (C=O) groups is 1. The third-order valence-electron chi connectivity index (χ3n) is 2.36. The second kappa shape index (κ2) is 6.13. The minimum absolute atomic E-state index is 0.276. The van der Waals surface area contributed by atoms with Crippen molar-refractivity contribution in [3.63, 3.8) is 0 Å². The molecule has 1 aromatic rings. The minimum Gasteiger partial charge on any atom is -0.481 e. The summed E-state index contributed by atoms with van der Waals surface area (Å²) in [5, 5.41) is 8.48. The summed E-state index contributed by atoms with van der Waals surface area (Å²) in [5.74, 6) is -0.224. The van der Waals surface area contributed by atoms with Gasteiger partial charge in [-0.05, 0) is 30.9 Å². The first kappa shape index (κ1) is 12.5. The van der Waals surface area contributed by atoms with Crippen molar-refractivity contribution >= 4 is 28.9 Å². The number of carboxylic acids is 1. The Kier molecular flexibility index (Phi) is 5.12. The zero-order chi connectivity index (χ0) is 11.3. The van der Waals surface area contributed by atoms with Crippen LogP contribution in [0.1, 0.15) is 43.4 Å². The molecule has 0 radical (unpaired) electrons. The van der Waals surface area contributed by atoms with Crippen molar-refractivity contribution in [1.82, 2.24) is 0 Å². The monoisotopic (exact) mass is 246 g/mol. The number of aliphatic carboxylic acids is 1. The fourth-order valence-electron chi connectivity index (χ4n) is 1.46. The zero-order valence-corrected chi connectivity index (χ0v) is 10.3. The highest BCUT2D eigenvalue weighted by molar-refractivity contribution is 7.16. The van der Waals surface area contributed by atoms with E-state index in [9.17, 15) is 4.79 Å². The first-order valence-electron chi connectivity index (χ1n) is 5.06. The molecule has 0 aromatic carbocycles. The fourth-order valence-corrected chi connectivity index (χ4v) is 2.61. The van der Waals surface area contributed by atoms with E-state index < -0.39 is 5.97 Å². The Labute approximate surface area is 98.9 Å². The highest BCUT2D eigenvalue weighted by Crippen LogP contribution is 2.30. The van der Waals surface area contributed by atoms with Gasteiger partial charge in [-0.15, -0.1) is 11.3 Å². The molecule has 0 saturated carbocycles. The average Bonchev–Trinajstić information content (AvgIpc) is 2.59. The van der Waals surface area contributed by atoms with Gasteiger partial charge in [0.2, 0.25) is 0 Å². The van der Waals surface area contributed by atoms with Crippen molar-refractivity contribution < 1.29 is 9.90 Å². The van der Waals surface area contributed by atoms with Gasteiger partial charge in [-0.1, -0.05) is 24.9 Å². The molecule has 0 aliphatic rings. The number of unbranched alkanes of at least 4 members (excludes halogenated alkanes) is 1. The topological polar surface area (TPSA) is 37.3 Å². The molecule has 0 bridgehead atoms. The Balaban J connectivity index is 2.24. The van der Waals surface area contributed by atoms with Crippen LogP contribution in [-0.4, -0.2) is 11.1 Å². The van der Waals surface area contributed by atoms with E-state index in [-0.39, 0.29) is 6.42 Å². The van der Waals surface area contributed by atoms with Crippen LogP contribution in [0.4, 0.5) is 0 Å². The highest BCUT2D eigenvalue weighted by Gasteiger charge is 2.08. The molecule has 0 spiro atoms. The maximum absolute atomic E-state index is 10.3. The lowest BCUT2D eigenvalue weighted by Crippen LogP contribution is -1.95. The predicted octanol–water partition coefficient (Wildman–Crippen LogP) is 4.15. The van der Waals surface area contributed by atoms with Gasteiger partial charge >= 0.3 is 5.97 Å². The van der Waals surface area contributed by atoms with Gasteiger partial charge < -0.3 is 5.11 Å². The summed E-state index contributed by atoms with van der Waals surface area (Å²) < 4.78 is 0.822. The number of hydrogen-bond donors (Lipinski definition) is 1. The molecular formula is C11H15ClO2S. The largest absolute Gasteiger partial charge is 0.481 e. The average molecular weight is 247 g/mol. The van der Waals surface area contributed by atoms with Crippen molar-refractivity contribution in [2.45, 2.75) is 38.5 Å². The molecular weight excluding hydrogens is 232 g/mol. The lowest BCUT2D eigenvalue weighted by atomic mass is 10.0. The van der Waals surface area contributed by atoms with Crippen molar-refractivity contribution in [2.75, 3.05) is 0 Å². The van der Waals surface area contributed by atoms with E-state index in [2.05, 4.69) is 13.0 Å². The molecule has 15 heavy (non-hydrogen) atoms. The lowest BCUT2D eigenvalue weighted by molar-refractivity contribution is -0.137. The van der Waals surface area contributed by atoms with Crippen LogP contribution in [-0.2, 0) is 4.79 Å². The van der Waals surface area contributed by atoms with Crippen LogP contribution in [0.5, 0.6) is 0 Å². The van der Waals surface area contributed by atoms with Crippen LogP contribution >= 0.6 is 22.9 Å². The second-order valence-electron chi connectivity index (χ2n) is 3.68. The smallest absolute Gasteiger partial charge is 0.303 e. The Bertz CT molecular complexity index is 322. The standard InChI is InChI=1S/C11H15ClO2S/c1-8(4-2-3-5-11(13)14)9-6-7-10(12)15-9/h6-8H,2-5H2,1H3,(H,13,14). The van der Waals surface area contributed by atoms with Gasteiger partial charge in [-0.3, -0.25) is 4.79 Å². The fraction of sp³-hybridized carbons (Fsp3) is 0.545. The Morgan fingerprint density at radius 2 is 2.27 bits per heavy atom. The zero-order valence-electron chi connectivity index (χ0n) is 8.70. The summed E-state index contributed by atoms with van der Waals surface area (Å²) in [4.78, 5) is 11.6. The maximum Gasteiger partial charge on any atom is 0.303 e. The van der Waals surface area contributed by atoms with E-state index in [4.69, 9.17) is 16.7 Å². The van der Waals surface area contributed by atoms with Crippen LogP contribution in [0.2, 0.25) is 4.34 Å². The van der Waals surface area contributed by atoms with Gasteiger partial charge in [0, 0.05) is 11.3 Å². The maximum atomic E-state index is 10.3. The first-order valence-corrected chi connectivity index (χ1v) is 6.26. The molecule has 1 atom stereocenters. The van der Waals surface area contributed by atoms with E-state index >= 15 is 0 Å². The summed E-state index contributed by atoms with van der Waals surface area (Å²) in [6, 6.07) is 3.96. The lowest BCUT2D eigenvalue weighted by Gasteiger charge is -2.07. The van der Waals surface area contributed by atoms with Crippen molar-refractivity contribution in [1.29, 1.82) is 0 Å². The van der Waals surface area contributed by atoms with Gasteiger partial charge in [0.25, 0.3) is 0 Å². The highest BCUT2D eigenvalue weighted by atomic mass is 35.5. The van der Waals surface area contributed by atoms with E-state index in [1.807, 2.05) is 6.07 Å². The quantitative estimate of drug-likeness (QED) is 0.766. The normalized spacial score (nSPS) is 12.7. The third kappa shape index (κ3) is 4.67. The molecule has 1 heterocycles. The van der Waals surface area contributed by atoms with Crippen molar-refractivity contribution in [3.8, 4) is 0 Å². The SMILES string of the molecule is CC(CCCCC(=O)O)c1ccc(Cl)s1. The van der Waals surface area contributed by atoms with Crippen LogP contribution in [0.15, 0.2) is 12.1 Å². The molecule has 0 aliphatic heterocycles. The number of hydrogen-bond acceptors (Lipinski definition) is 2. The van der Waals surface area contributed by atoms with Gasteiger partial charge in [-0.25, -0.2) is 0 Å². The third-order valence-corrected chi connectivity index (χ3v) is 3.82. The van der Waals surface area contributed by atoms with E-state index in [0.717, 1.165) is 23.6 Å². The van der Waals surface area contributed by atoms with E-state index in [1.54, 1.807) is 11.3 Å². The molecule has 1 N–H and O–H groups in total. The second-order valence-corrected chi connectivity index (χ2v) is 5.43. The van der Waals surface area contributed by atoms with Crippen LogP contribution < -0.4 is 0 Å². The van der Waals surface area contributed by atoms with Gasteiger partial charge in [0.15, 0.2) is 0 Å². The van der Waals surface area contributed by atoms with Gasteiger partial charge in [0.1, 0.15) is 0 Å². The summed E-state index contributed by atoms with van der Waals surface area (Å²) >= 11 is 7.46. The molecule has 84 valence electrons.